The Kier molecular flexibility index (Phi) is 18.2. The third-order valence-electron chi connectivity index (χ3n) is 8.54. The summed E-state index contributed by atoms with van der Waals surface area (Å²) < 4.78 is 5.23. The highest BCUT2D eigenvalue weighted by Crippen LogP contribution is 2.19. The van der Waals surface area contributed by atoms with Gasteiger partial charge in [0.25, 0.3) is 0 Å². The lowest BCUT2D eigenvalue weighted by molar-refractivity contribution is -0.134. The topological polar surface area (TPSA) is 278 Å². The van der Waals surface area contributed by atoms with Crippen molar-refractivity contribution in [1.82, 2.24) is 31.6 Å². The molecule has 6 amide bonds. The standard InChI is InChI=1S/C39H56N10O7S/c1-39(2,3)56-38(55)44-19-16-32(50)46-31(22-25-23-45-27-14-9-8-13-26(25)27)36(54)48-29(17-20-57-4)35(53)47-28(15-10-18-43-37(41)42)34(52)49-30(33(40)51)21-24-11-6-5-7-12-24/h5-9,11-14,23,28-31,45H,10,15-22H2,1-4H3,(H2,40,51)(H,44,55)(H,46,50)(H,47,53)(H,48,54)(H,49,52)(H4,41,42,43)/t28-,29-,30-,31-/m0/s1. The Labute approximate surface area is 336 Å². The number of aromatic nitrogens is 1. The smallest absolute Gasteiger partial charge is 0.407 e. The SMILES string of the molecule is CSCC[C@H](NC(=O)[C@H](Cc1c[nH]c2ccccc12)NC(=O)CCNC(=O)OC(C)(C)C)C(=O)N[C@@H](CCCN=C(N)N)C(=O)N[C@@H](Cc1ccccc1)C(N)=O. The van der Waals surface area contributed by atoms with E-state index in [1.165, 1.54) is 11.8 Å². The largest absolute Gasteiger partial charge is 0.444 e. The summed E-state index contributed by atoms with van der Waals surface area (Å²) in [5, 5.41) is 14.4. The molecule has 12 N–H and O–H groups in total. The minimum Gasteiger partial charge on any atom is -0.444 e. The third-order valence-corrected chi connectivity index (χ3v) is 9.18. The van der Waals surface area contributed by atoms with Crippen molar-refractivity contribution in [2.75, 3.05) is 25.1 Å². The number of carbonyl (C=O) groups excluding carboxylic acids is 6. The van der Waals surface area contributed by atoms with Crippen molar-refractivity contribution in [3.05, 3.63) is 71.9 Å². The van der Waals surface area contributed by atoms with E-state index in [2.05, 4.69) is 36.6 Å². The number of amides is 6. The lowest BCUT2D eigenvalue weighted by Gasteiger charge is -2.26. The van der Waals surface area contributed by atoms with Crippen LogP contribution in [0, 0.1) is 0 Å². The fourth-order valence-electron chi connectivity index (χ4n) is 5.75. The Hall–Kier alpha value is -5.78. The number of rotatable bonds is 22. The molecular weight excluding hydrogens is 753 g/mol. The number of benzene rings is 2. The van der Waals surface area contributed by atoms with Gasteiger partial charge in [-0.3, -0.25) is 29.0 Å². The molecule has 310 valence electrons. The minimum absolute atomic E-state index is 0.0461. The van der Waals surface area contributed by atoms with Crippen molar-refractivity contribution < 1.29 is 33.5 Å². The van der Waals surface area contributed by atoms with Crippen LogP contribution in [0.2, 0.25) is 0 Å². The molecule has 0 aliphatic carbocycles. The van der Waals surface area contributed by atoms with Gasteiger partial charge in [0, 0.05) is 49.5 Å². The number of H-pyrrole nitrogens is 1. The minimum atomic E-state index is -1.16. The molecule has 3 rings (SSSR count). The first-order chi connectivity index (χ1) is 27.1. The number of aromatic amines is 1. The number of hydrogen-bond acceptors (Lipinski definition) is 9. The van der Waals surface area contributed by atoms with Gasteiger partial charge in [0.15, 0.2) is 5.96 Å². The van der Waals surface area contributed by atoms with Gasteiger partial charge in [-0.15, -0.1) is 0 Å². The Balaban J connectivity index is 1.81. The van der Waals surface area contributed by atoms with Gasteiger partial charge in [-0.2, -0.15) is 11.8 Å². The molecule has 0 fully saturated rings. The molecule has 1 heterocycles. The molecule has 2 aromatic carbocycles. The van der Waals surface area contributed by atoms with Crippen molar-refractivity contribution >= 4 is 64.3 Å². The molecule has 0 saturated carbocycles. The first kappa shape index (κ1) is 45.6. The van der Waals surface area contributed by atoms with Gasteiger partial charge in [-0.25, -0.2) is 4.79 Å². The number of alkyl carbamates (subject to hydrolysis) is 1. The molecule has 57 heavy (non-hydrogen) atoms. The lowest BCUT2D eigenvalue weighted by Crippen LogP contribution is -2.58. The number of aliphatic imine (C=N–C) groups is 1. The normalized spacial score (nSPS) is 13.3. The van der Waals surface area contributed by atoms with Crippen molar-refractivity contribution in [1.29, 1.82) is 0 Å². The number of nitrogens with one attached hydrogen (secondary N) is 6. The van der Waals surface area contributed by atoms with E-state index in [1.54, 1.807) is 51.2 Å². The van der Waals surface area contributed by atoms with Gasteiger partial charge in [-0.05, 0) is 69.2 Å². The van der Waals surface area contributed by atoms with Gasteiger partial charge in [0.1, 0.15) is 29.8 Å². The summed E-state index contributed by atoms with van der Waals surface area (Å²) >= 11 is 1.45. The van der Waals surface area contributed by atoms with Crippen molar-refractivity contribution in [3.8, 4) is 0 Å². The quantitative estimate of drug-likeness (QED) is 0.0396. The lowest BCUT2D eigenvalue weighted by atomic mass is 10.0. The number of nitrogens with two attached hydrogens (primary N) is 3. The summed E-state index contributed by atoms with van der Waals surface area (Å²) in [6.45, 7) is 5.28. The van der Waals surface area contributed by atoms with Gasteiger partial charge < -0.3 is 53.5 Å². The van der Waals surface area contributed by atoms with E-state index in [-0.39, 0.29) is 51.2 Å². The maximum absolute atomic E-state index is 14.1. The third kappa shape index (κ3) is 16.5. The highest BCUT2D eigenvalue weighted by molar-refractivity contribution is 7.98. The molecule has 4 atom stereocenters. The van der Waals surface area contributed by atoms with Crippen LogP contribution >= 0.6 is 11.8 Å². The van der Waals surface area contributed by atoms with Crippen molar-refractivity contribution in [2.24, 2.45) is 22.2 Å². The van der Waals surface area contributed by atoms with Crippen LogP contribution < -0.4 is 43.8 Å². The number of nitrogens with zero attached hydrogens (tertiary/aromatic N) is 1. The Morgan fingerprint density at radius 3 is 2.04 bits per heavy atom. The summed E-state index contributed by atoms with van der Waals surface area (Å²) in [6, 6.07) is 12.0. The number of hydrogen-bond donors (Lipinski definition) is 9. The number of carbonyl (C=O) groups is 6. The predicted octanol–water partition coefficient (Wildman–Crippen LogP) is 1.10. The first-order valence-electron chi connectivity index (χ1n) is 18.7. The Bertz CT molecular complexity index is 1840. The summed E-state index contributed by atoms with van der Waals surface area (Å²) in [6.07, 6.45) is 3.53. The predicted molar refractivity (Wildman–Crippen MR) is 221 cm³/mol. The Morgan fingerprint density at radius 2 is 1.40 bits per heavy atom. The molecule has 18 heteroatoms. The van der Waals surface area contributed by atoms with Crippen LogP contribution in [0.15, 0.2) is 65.8 Å². The highest BCUT2D eigenvalue weighted by Gasteiger charge is 2.31. The summed E-state index contributed by atoms with van der Waals surface area (Å²) in [5.74, 6) is -2.90. The van der Waals surface area contributed by atoms with E-state index in [9.17, 15) is 28.8 Å². The molecule has 0 unspecified atom stereocenters. The van der Waals surface area contributed by atoms with Crippen LogP contribution in [0.3, 0.4) is 0 Å². The fourth-order valence-corrected chi connectivity index (χ4v) is 6.23. The van der Waals surface area contributed by atoms with E-state index in [0.717, 1.165) is 22.0 Å². The molecule has 0 aliphatic heterocycles. The van der Waals surface area contributed by atoms with Crippen LogP contribution in [0.5, 0.6) is 0 Å². The average Bonchev–Trinajstić information content (AvgIpc) is 3.55. The molecule has 0 saturated heterocycles. The van der Waals surface area contributed by atoms with Gasteiger partial charge in [-0.1, -0.05) is 48.5 Å². The molecule has 0 aliphatic rings. The van der Waals surface area contributed by atoms with Crippen molar-refractivity contribution in [3.63, 3.8) is 0 Å². The number of fused-ring (bicyclic) bond motifs is 1. The fraction of sp³-hybridized carbons (Fsp3) is 0.462. The number of guanidine groups is 1. The first-order valence-corrected chi connectivity index (χ1v) is 20.1. The molecule has 0 spiro atoms. The van der Waals surface area contributed by atoms with Crippen molar-refractivity contribution in [2.45, 2.75) is 89.1 Å². The van der Waals surface area contributed by atoms with Crippen LogP contribution in [-0.4, -0.2) is 101 Å². The maximum atomic E-state index is 14.1. The van der Waals surface area contributed by atoms with E-state index >= 15 is 0 Å². The highest BCUT2D eigenvalue weighted by atomic mass is 32.2. The molecular formula is C39H56N10O7S. The summed E-state index contributed by atoms with van der Waals surface area (Å²) in [7, 11) is 0. The maximum Gasteiger partial charge on any atom is 0.407 e. The zero-order chi connectivity index (χ0) is 42.0. The summed E-state index contributed by atoms with van der Waals surface area (Å²) in [5.41, 5.74) is 18.2. The van der Waals surface area contributed by atoms with E-state index in [4.69, 9.17) is 21.9 Å². The van der Waals surface area contributed by atoms with Crippen LogP contribution in [0.1, 0.15) is 57.6 Å². The second-order valence-electron chi connectivity index (χ2n) is 14.4. The van der Waals surface area contributed by atoms with Gasteiger partial charge >= 0.3 is 6.09 Å². The number of thioether (sulfide) groups is 1. The van der Waals surface area contributed by atoms with Crippen LogP contribution in [0.4, 0.5) is 4.79 Å². The van der Waals surface area contributed by atoms with E-state index in [0.29, 0.717) is 12.2 Å². The zero-order valence-electron chi connectivity index (χ0n) is 32.9. The number of para-hydroxylation sites is 1. The second-order valence-corrected chi connectivity index (χ2v) is 15.4. The monoisotopic (exact) mass is 808 g/mol. The zero-order valence-corrected chi connectivity index (χ0v) is 33.7. The second kappa shape index (κ2) is 22.7. The van der Waals surface area contributed by atoms with E-state index < -0.39 is 65.4 Å². The molecule has 0 bridgehead atoms. The molecule has 0 radical (unpaired) electrons. The number of primary amides is 1. The molecule has 1 aromatic heterocycles. The summed E-state index contributed by atoms with van der Waals surface area (Å²) in [4.78, 5) is 86.5. The molecule has 17 nitrogen and oxygen atoms in total. The van der Waals surface area contributed by atoms with Crippen LogP contribution in [-0.2, 0) is 41.6 Å². The molecule has 3 aromatic rings. The van der Waals surface area contributed by atoms with E-state index in [1.807, 2.05) is 36.6 Å². The average molecular weight is 809 g/mol. The van der Waals surface area contributed by atoms with Gasteiger partial charge in [0.05, 0.1) is 0 Å². The van der Waals surface area contributed by atoms with Gasteiger partial charge in [0.2, 0.25) is 29.5 Å². The van der Waals surface area contributed by atoms with Crippen LogP contribution in [0.25, 0.3) is 10.9 Å². The number of ether oxygens (including phenoxy) is 1. The Morgan fingerprint density at radius 1 is 0.789 bits per heavy atom.